The molecule has 2 N–H and O–H groups in total. The van der Waals surface area contributed by atoms with Gasteiger partial charge in [-0.25, -0.2) is 9.97 Å². The number of rotatable bonds is 2. The Morgan fingerprint density at radius 3 is 2.56 bits per heavy atom. The molecule has 0 unspecified atom stereocenters. The number of nitrogens with zero attached hydrogens (tertiary/aromatic N) is 2. The summed E-state index contributed by atoms with van der Waals surface area (Å²) in [6, 6.07) is 1.72. The molecule has 0 aromatic carbocycles. The van der Waals surface area contributed by atoms with Gasteiger partial charge in [0.2, 0.25) is 11.9 Å². The normalized spacial score (nSPS) is 16.2. The van der Waals surface area contributed by atoms with Gasteiger partial charge in [-0.15, -0.1) is 12.4 Å². The molecule has 1 aromatic heterocycles. The summed E-state index contributed by atoms with van der Waals surface area (Å²) in [6.45, 7) is 1.82. The summed E-state index contributed by atoms with van der Waals surface area (Å²) < 4.78 is 0. The molecular weight excluding hydrogens is 228 g/mol. The second-order valence-corrected chi connectivity index (χ2v) is 3.59. The van der Waals surface area contributed by atoms with E-state index >= 15 is 0 Å². The van der Waals surface area contributed by atoms with Crippen LogP contribution in [-0.2, 0) is 4.79 Å². The fraction of sp³-hybridized carbons (Fsp3) is 0.500. The zero-order valence-corrected chi connectivity index (χ0v) is 9.67. The smallest absolute Gasteiger partial charge is 0.229 e. The van der Waals surface area contributed by atoms with E-state index < -0.39 is 0 Å². The van der Waals surface area contributed by atoms with E-state index in [1.165, 1.54) is 0 Å². The highest BCUT2D eigenvalue weighted by atomic mass is 35.5. The van der Waals surface area contributed by atoms with Crippen molar-refractivity contribution in [3.63, 3.8) is 0 Å². The van der Waals surface area contributed by atoms with E-state index in [1.807, 2.05) is 0 Å². The lowest BCUT2D eigenvalue weighted by molar-refractivity contribution is -0.120. The minimum Gasteiger partial charge on any atom is -0.317 e. The summed E-state index contributed by atoms with van der Waals surface area (Å²) in [5.41, 5.74) is 0. The van der Waals surface area contributed by atoms with Crippen molar-refractivity contribution < 1.29 is 4.79 Å². The molecular formula is C10H15ClN4O. The number of amides is 1. The first-order valence-corrected chi connectivity index (χ1v) is 5.15. The van der Waals surface area contributed by atoms with Gasteiger partial charge in [0, 0.05) is 18.3 Å². The predicted molar refractivity (Wildman–Crippen MR) is 63.5 cm³/mol. The molecule has 1 aliphatic rings. The maximum Gasteiger partial charge on any atom is 0.229 e. The van der Waals surface area contributed by atoms with Gasteiger partial charge in [0.05, 0.1) is 0 Å². The Hall–Kier alpha value is -1.20. The van der Waals surface area contributed by atoms with E-state index in [9.17, 15) is 4.79 Å². The van der Waals surface area contributed by atoms with Gasteiger partial charge in [-0.05, 0) is 32.0 Å². The van der Waals surface area contributed by atoms with Gasteiger partial charge >= 0.3 is 0 Å². The molecule has 2 rings (SSSR count). The van der Waals surface area contributed by atoms with Gasteiger partial charge in [-0.1, -0.05) is 0 Å². The molecule has 0 aliphatic carbocycles. The molecule has 2 heterocycles. The first kappa shape index (κ1) is 12.9. The molecule has 88 valence electrons. The Morgan fingerprint density at radius 1 is 1.31 bits per heavy atom. The number of halogens is 1. The summed E-state index contributed by atoms with van der Waals surface area (Å²) in [5, 5.41) is 5.94. The van der Waals surface area contributed by atoms with Crippen molar-refractivity contribution in [1.29, 1.82) is 0 Å². The highest BCUT2D eigenvalue weighted by Crippen LogP contribution is 2.13. The maximum absolute atomic E-state index is 11.7. The Bertz CT molecular complexity index is 327. The van der Waals surface area contributed by atoms with Gasteiger partial charge in [-0.2, -0.15) is 0 Å². The van der Waals surface area contributed by atoms with E-state index in [1.54, 1.807) is 18.5 Å². The van der Waals surface area contributed by atoms with Crippen LogP contribution in [-0.4, -0.2) is 29.0 Å². The second kappa shape index (κ2) is 6.40. The third-order valence-corrected chi connectivity index (χ3v) is 2.51. The van der Waals surface area contributed by atoms with Crippen molar-refractivity contribution in [2.45, 2.75) is 12.8 Å². The molecule has 6 heteroatoms. The van der Waals surface area contributed by atoms with Gasteiger partial charge in [0.25, 0.3) is 0 Å². The largest absolute Gasteiger partial charge is 0.317 e. The number of nitrogens with one attached hydrogen (secondary N) is 2. The van der Waals surface area contributed by atoms with Gasteiger partial charge in [0.1, 0.15) is 0 Å². The predicted octanol–water partition coefficient (Wildman–Crippen LogP) is 0.836. The highest BCUT2D eigenvalue weighted by Gasteiger charge is 2.21. The molecule has 1 fully saturated rings. The van der Waals surface area contributed by atoms with Crippen LogP contribution in [0.4, 0.5) is 5.95 Å². The number of piperidine rings is 1. The molecule has 0 spiro atoms. The van der Waals surface area contributed by atoms with Crippen molar-refractivity contribution in [2.24, 2.45) is 5.92 Å². The minimum atomic E-state index is 0. The number of aromatic nitrogens is 2. The summed E-state index contributed by atoms with van der Waals surface area (Å²) in [4.78, 5) is 19.7. The van der Waals surface area contributed by atoms with Crippen LogP contribution >= 0.6 is 12.4 Å². The highest BCUT2D eigenvalue weighted by molar-refractivity contribution is 5.90. The van der Waals surface area contributed by atoms with E-state index in [0.29, 0.717) is 5.95 Å². The molecule has 1 amide bonds. The number of hydrogen-bond acceptors (Lipinski definition) is 4. The fourth-order valence-corrected chi connectivity index (χ4v) is 1.66. The first-order chi connectivity index (χ1) is 7.36. The third kappa shape index (κ3) is 3.43. The molecule has 0 bridgehead atoms. The summed E-state index contributed by atoms with van der Waals surface area (Å²) in [6.07, 6.45) is 5.01. The van der Waals surface area contributed by atoms with Crippen LogP contribution in [0.25, 0.3) is 0 Å². The van der Waals surface area contributed by atoms with Crippen molar-refractivity contribution in [2.75, 3.05) is 18.4 Å². The Balaban J connectivity index is 0.00000128. The van der Waals surface area contributed by atoms with Crippen LogP contribution in [0.3, 0.4) is 0 Å². The molecule has 1 aliphatic heterocycles. The van der Waals surface area contributed by atoms with E-state index in [-0.39, 0.29) is 24.2 Å². The molecule has 16 heavy (non-hydrogen) atoms. The van der Waals surface area contributed by atoms with Crippen LogP contribution in [0.5, 0.6) is 0 Å². The maximum atomic E-state index is 11.7. The third-order valence-electron chi connectivity index (χ3n) is 2.51. The molecule has 1 aromatic rings. The second-order valence-electron chi connectivity index (χ2n) is 3.59. The van der Waals surface area contributed by atoms with Crippen molar-refractivity contribution in [3.8, 4) is 0 Å². The average Bonchev–Trinajstić information content (AvgIpc) is 2.31. The van der Waals surface area contributed by atoms with Crippen molar-refractivity contribution in [3.05, 3.63) is 18.5 Å². The molecule has 1 saturated heterocycles. The van der Waals surface area contributed by atoms with Crippen LogP contribution in [0, 0.1) is 5.92 Å². The summed E-state index contributed by atoms with van der Waals surface area (Å²) >= 11 is 0. The topological polar surface area (TPSA) is 66.9 Å². The lowest BCUT2D eigenvalue weighted by Crippen LogP contribution is -2.34. The first-order valence-electron chi connectivity index (χ1n) is 5.15. The van der Waals surface area contributed by atoms with Gasteiger partial charge < -0.3 is 5.32 Å². The zero-order chi connectivity index (χ0) is 10.5. The number of anilines is 1. The standard InChI is InChI=1S/C10H14N4O.ClH/c15-9(8-2-6-11-7-3-8)14-10-12-4-1-5-13-10;/h1,4-5,8,11H,2-3,6-7H2,(H,12,13,14,15);1H. The zero-order valence-electron chi connectivity index (χ0n) is 8.85. The molecule has 0 saturated carbocycles. The Kier molecular flexibility index (Phi) is 5.14. The minimum absolute atomic E-state index is 0. The average molecular weight is 243 g/mol. The van der Waals surface area contributed by atoms with Gasteiger partial charge in [0.15, 0.2) is 0 Å². The van der Waals surface area contributed by atoms with Crippen LogP contribution in [0.1, 0.15) is 12.8 Å². The lowest BCUT2D eigenvalue weighted by atomic mass is 9.97. The summed E-state index contributed by atoms with van der Waals surface area (Å²) in [7, 11) is 0. The summed E-state index contributed by atoms with van der Waals surface area (Å²) in [5.74, 6) is 0.513. The van der Waals surface area contributed by atoms with Crippen molar-refractivity contribution >= 4 is 24.3 Å². The Labute approximate surface area is 100 Å². The fourth-order valence-electron chi connectivity index (χ4n) is 1.66. The Morgan fingerprint density at radius 2 is 1.94 bits per heavy atom. The number of carbonyl (C=O) groups excluding carboxylic acids is 1. The SMILES string of the molecule is Cl.O=C(Nc1ncccn1)C1CCNCC1. The van der Waals surface area contributed by atoms with Crippen LogP contribution in [0.2, 0.25) is 0 Å². The van der Waals surface area contributed by atoms with Gasteiger partial charge in [-0.3, -0.25) is 10.1 Å². The van der Waals surface area contributed by atoms with E-state index in [2.05, 4.69) is 20.6 Å². The lowest BCUT2D eigenvalue weighted by Gasteiger charge is -2.21. The van der Waals surface area contributed by atoms with Crippen LogP contribution < -0.4 is 10.6 Å². The molecule has 0 radical (unpaired) electrons. The molecule has 5 nitrogen and oxygen atoms in total. The number of carbonyl (C=O) groups is 1. The van der Waals surface area contributed by atoms with E-state index in [4.69, 9.17) is 0 Å². The van der Waals surface area contributed by atoms with E-state index in [0.717, 1.165) is 25.9 Å². The monoisotopic (exact) mass is 242 g/mol. The molecule has 0 atom stereocenters. The van der Waals surface area contributed by atoms with Crippen LogP contribution in [0.15, 0.2) is 18.5 Å². The number of hydrogen-bond donors (Lipinski definition) is 2. The van der Waals surface area contributed by atoms with Crippen molar-refractivity contribution in [1.82, 2.24) is 15.3 Å². The quantitative estimate of drug-likeness (QED) is 0.807.